The zero-order valence-corrected chi connectivity index (χ0v) is 10.6. The normalized spacial score (nSPS) is 18.3. The van der Waals surface area contributed by atoms with Crippen molar-refractivity contribution < 1.29 is 4.79 Å². The number of rotatable bonds is 1. The molecule has 92 valence electrons. The van der Waals surface area contributed by atoms with Crippen molar-refractivity contribution in [2.24, 2.45) is 7.05 Å². The summed E-state index contributed by atoms with van der Waals surface area (Å²) in [5.41, 5.74) is 2.14. The maximum atomic E-state index is 11.7. The minimum absolute atomic E-state index is 0.0195. The Hall–Kier alpha value is -1.81. The molecule has 3 rings (SSSR count). The predicted octanol–water partition coefficient (Wildman–Crippen LogP) is 2.55. The highest BCUT2D eigenvalue weighted by atomic mass is 35.5. The van der Waals surface area contributed by atoms with Crippen molar-refractivity contribution in [2.45, 2.75) is 12.3 Å². The van der Waals surface area contributed by atoms with Crippen LogP contribution in [0.1, 0.15) is 23.5 Å². The van der Waals surface area contributed by atoms with E-state index in [0.717, 1.165) is 16.9 Å². The SMILES string of the molecule is Cn1ncc2c1NC(=O)CC2c1ccc(Cl)cc1. The Balaban J connectivity index is 2.07. The van der Waals surface area contributed by atoms with Crippen LogP contribution >= 0.6 is 11.6 Å². The van der Waals surface area contributed by atoms with Crippen molar-refractivity contribution in [1.82, 2.24) is 9.78 Å². The van der Waals surface area contributed by atoms with E-state index < -0.39 is 0 Å². The molecule has 1 unspecified atom stereocenters. The largest absolute Gasteiger partial charge is 0.311 e. The number of carbonyl (C=O) groups is 1. The van der Waals surface area contributed by atoms with Crippen LogP contribution in [0.25, 0.3) is 0 Å². The fourth-order valence-electron chi connectivity index (χ4n) is 2.33. The van der Waals surface area contributed by atoms with Crippen molar-refractivity contribution in [3.8, 4) is 0 Å². The lowest BCUT2D eigenvalue weighted by Gasteiger charge is -2.23. The van der Waals surface area contributed by atoms with E-state index in [2.05, 4.69) is 10.4 Å². The zero-order chi connectivity index (χ0) is 12.7. The molecule has 1 aromatic carbocycles. The Morgan fingerprint density at radius 3 is 2.83 bits per heavy atom. The van der Waals surface area contributed by atoms with E-state index in [1.807, 2.05) is 37.5 Å². The molecule has 1 aliphatic heterocycles. The first-order chi connectivity index (χ1) is 8.65. The number of nitrogens with zero attached hydrogens (tertiary/aromatic N) is 2. The van der Waals surface area contributed by atoms with Gasteiger partial charge in [0.1, 0.15) is 5.82 Å². The molecule has 2 heterocycles. The average molecular weight is 262 g/mol. The highest BCUT2D eigenvalue weighted by Gasteiger charge is 2.29. The molecular formula is C13H12ClN3O. The fourth-order valence-corrected chi connectivity index (χ4v) is 2.46. The minimum atomic E-state index is 0.0195. The van der Waals surface area contributed by atoms with Gasteiger partial charge in [0.25, 0.3) is 0 Å². The first-order valence-corrected chi connectivity index (χ1v) is 6.10. The summed E-state index contributed by atoms with van der Waals surface area (Å²) >= 11 is 5.89. The summed E-state index contributed by atoms with van der Waals surface area (Å²) in [6, 6.07) is 7.61. The first-order valence-electron chi connectivity index (χ1n) is 5.72. The molecule has 1 atom stereocenters. The number of fused-ring (bicyclic) bond motifs is 1. The Labute approximate surface area is 110 Å². The lowest BCUT2D eigenvalue weighted by Crippen LogP contribution is -2.24. The molecule has 5 heteroatoms. The number of halogens is 1. The van der Waals surface area contributed by atoms with E-state index in [-0.39, 0.29) is 11.8 Å². The highest BCUT2D eigenvalue weighted by Crippen LogP contribution is 2.36. The van der Waals surface area contributed by atoms with E-state index in [1.165, 1.54) is 0 Å². The molecule has 1 aliphatic rings. The molecule has 0 aliphatic carbocycles. The molecule has 0 spiro atoms. The minimum Gasteiger partial charge on any atom is -0.311 e. The number of benzene rings is 1. The Morgan fingerprint density at radius 1 is 1.39 bits per heavy atom. The second kappa shape index (κ2) is 4.14. The van der Waals surface area contributed by atoms with Crippen LogP contribution in [-0.4, -0.2) is 15.7 Å². The van der Waals surface area contributed by atoms with Crippen LogP contribution in [0.2, 0.25) is 5.02 Å². The van der Waals surface area contributed by atoms with Gasteiger partial charge in [-0.3, -0.25) is 9.48 Å². The predicted molar refractivity (Wildman–Crippen MR) is 69.7 cm³/mol. The highest BCUT2D eigenvalue weighted by molar-refractivity contribution is 6.30. The van der Waals surface area contributed by atoms with Crippen LogP contribution in [0.4, 0.5) is 5.82 Å². The number of amides is 1. The van der Waals surface area contributed by atoms with Gasteiger partial charge in [-0.1, -0.05) is 23.7 Å². The van der Waals surface area contributed by atoms with Crippen LogP contribution in [-0.2, 0) is 11.8 Å². The quantitative estimate of drug-likeness (QED) is 0.858. The van der Waals surface area contributed by atoms with Gasteiger partial charge in [0, 0.05) is 30.0 Å². The molecule has 0 saturated carbocycles. The molecule has 0 bridgehead atoms. The number of aromatic nitrogens is 2. The van der Waals surface area contributed by atoms with Crippen LogP contribution in [0.15, 0.2) is 30.5 Å². The maximum absolute atomic E-state index is 11.7. The molecule has 0 fully saturated rings. The van der Waals surface area contributed by atoms with Crippen molar-refractivity contribution in [3.63, 3.8) is 0 Å². The molecular weight excluding hydrogens is 250 g/mol. The van der Waals surface area contributed by atoms with E-state index in [0.29, 0.717) is 11.4 Å². The Kier molecular flexibility index (Phi) is 2.59. The smallest absolute Gasteiger partial charge is 0.226 e. The lowest BCUT2D eigenvalue weighted by molar-refractivity contribution is -0.116. The number of aryl methyl sites for hydroxylation is 1. The zero-order valence-electron chi connectivity index (χ0n) is 9.85. The monoisotopic (exact) mass is 261 g/mol. The number of carbonyl (C=O) groups excluding carboxylic acids is 1. The third-order valence-electron chi connectivity index (χ3n) is 3.26. The van der Waals surface area contributed by atoms with Crippen LogP contribution < -0.4 is 5.32 Å². The fraction of sp³-hybridized carbons (Fsp3) is 0.231. The van der Waals surface area contributed by atoms with Crippen molar-refractivity contribution >= 4 is 23.3 Å². The van der Waals surface area contributed by atoms with Crippen molar-refractivity contribution in [1.29, 1.82) is 0 Å². The topological polar surface area (TPSA) is 46.9 Å². The third kappa shape index (κ3) is 1.78. The Morgan fingerprint density at radius 2 is 2.11 bits per heavy atom. The van der Waals surface area contributed by atoms with Gasteiger partial charge in [0.05, 0.1) is 6.20 Å². The molecule has 2 aromatic rings. The van der Waals surface area contributed by atoms with E-state index in [1.54, 1.807) is 4.68 Å². The van der Waals surface area contributed by atoms with Gasteiger partial charge in [-0.15, -0.1) is 0 Å². The van der Waals surface area contributed by atoms with Gasteiger partial charge in [-0.25, -0.2) is 0 Å². The molecule has 1 amide bonds. The van der Waals surface area contributed by atoms with E-state index in [9.17, 15) is 4.79 Å². The summed E-state index contributed by atoms with van der Waals surface area (Å²) < 4.78 is 1.69. The molecule has 0 radical (unpaired) electrons. The summed E-state index contributed by atoms with van der Waals surface area (Å²) in [4.78, 5) is 11.7. The average Bonchev–Trinajstić information content (AvgIpc) is 2.71. The lowest BCUT2D eigenvalue weighted by atomic mass is 9.87. The summed E-state index contributed by atoms with van der Waals surface area (Å²) in [5.74, 6) is 0.858. The third-order valence-corrected chi connectivity index (χ3v) is 3.51. The number of hydrogen-bond acceptors (Lipinski definition) is 2. The van der Waals surface area contributed by atoms with Gasteiger partial charge < -0.3 is 5.32 Å². The van der Waals surface area contributed by atoms with Gasteiger partial charge in [-0.05, 0) is 17.7 Å². The second-order valence-corrected chi connectivity index (χ2v) is 4.86. The number of anilines is 1. The van der Waals surface area contributed by atoms with Crippen LogP contribution in [0.5, 0.6) is 0 Å². The van der Waals surface area contributed by atoms with Gasteiger partial charge in [0.15, 0.2) is 0 Å². The molecule has 1 aromatic heterocycles. The van der Waals surface area contributed by atoms with Crippen LogP contribution in [0, 0.1) is 0 Å². The van der Waals surface area contributed by atoms with Crippen molar-refractivity contribution in [2.75, 3.05) is 5.32 Å². The van der Waals surface area contributed by atoms with Gasteiger partial charge >= 0.3 is 0 Å². The summed E-state index contributed by atoms with van der Waals surface area (Å²) in [6.45, 7) is 0. The molecule has 18 heavy (non-hydrogen) atoms. The molecule has 0 saturated heterocycles. The summed E-state index contributed by atoms with van der Waals surface area (Å²) in [5, 5.41) is 7.76. The molecule has 1 N–H and O–H groups in total. The van der Waals surface area contributed by atoms with Crippen LogP contribution in [0.3, 0.4) is 0 Å². The van der Waals surface area contributed by atoms with E-state index >= 15 is 0 Å². The first kappa shape index (κ1) is 11.3. The Bertz CT molecular complexity index is 603. The van der Waals surface area contributed by atoms with Gasteiger partial charge in [-0.2, -0.15) is 5.10 Å². The van der Waals surface area contributed by atoms with Gasteiger partial charge in [0.2, 0.25) is 5.91 Å². The van der Waals surface area contributed by atoms with E-state index in [4.69, 9.17) is 11.6 Å². The standard InChI is InChI=1S/C13H12ClN3O/c1-17-13-11(7-15-17)10(6-12(18)16-13)8-2-4-9(14)5-3-8/h2-5,7,10H,6H2,1H3,(H,16,18). The number of hydrogen-bond donors (Lipinski definition) is 1. The maximum Gasteiger partial charge on any atom is 0.226 e. The molecule has 4 nitrogen and oxygen atoms in total. The second-order valence-electron chi connectivity index (χ2n) is 4.43. The number of nitrogens with one attached hydrogen (secondary N) is 1. The van der Waals surface area contributed by atoms with Crippen molar-refractivity contribution in [3.05, 3.63) is 46.6 Å². The summed E-state index contributed by atoms with van der Waals surface area (Å²) in [6.07, 6.45) is 2.26. The summed E-state index contributed by atoms with van der Waals surface area (Å²) in [7, 11) is 1.82.